The van der Waals surface area contributed by atoms with Gasteiger partial charge < -0.3 is 9.51 Å². The number of aromatic nitrogens is 4. The number of rotatable bonds is 5. The van der Waals surface area contributed by atoms with Gasteiger partial charge in [-0.05, 0) is 51.5 Å². The van der Waals surface area contributed by atoms with E-state index < -0.39 is 0 Å². The summed E-state index contributed by atoms with van der Waals surface area (Å²) in [4.78, 5) is 15.4. The van der Waals surface area contributed by atoms with E-state index in [4.69, 9.17) is 9.51 Å². The van der Waals surface area contributed by atoms with Crippen molar-refractivity contribution in [3.8, 4) is 0 Å². The van der Waals surface area contributed by atoms with Gasteiger partial charge in [-0.25, -0.2) is 4.98 Å². The number of nitrogens with zero attached hydrogens (tertiary/aromatic N) is 4. The first-order valence-electron chi connectivity index (χ1n) is 8.96. The van der Waals surface area contributed by atoms with Crippen molar-refractivity contribution in [2.75, 3.05) is 6.54 Å². The summed E-state index contributed by atoms with van der Waals surface area (Å²) in [7, 11) is 0. The average molecular weight is 315 g/mol. The molecule has 1 N–H and O–H groups in total. The van der Waals surface area contributed by atoms with Crippen molar-refractivity contribution in [2.24, 2.45) is 0 Å². The minimum Gasteiger partial charge on any atom is -0.344 e. The van der Waals surface area contributed by atoms with Gasteiger partial charge >= 0.3 is 0 Å². The zero-order chi connectivity index (χ0) is 15.6. The second-order valence-corrected chi connectivity index (χ2v) is 6.74. The first kappa shape index (κ1) is 14.9. The van der Waals surface area contributed by atoms with E-state index in [0.29, 0.717) is 6.04 Å². The summed E-state index contributed by atoms with van der Waals surface area (Å²) in [5, 5.41) is 4.13. The molecule has 2 aliphatic rings. The van der Waals surface area contributed by atoms with Crippen molar-refractivity contribution in [1.82, 2.24) is 25.0 Å². The molecule has 1 aliphatic heterocycles. The first-order valence-corrected chi connectivity index (χ1v) is 8.96. The van der Waals surface area contributed by atoms with Crippen molar-refractivity contribution in [3.05, 3.63) is 28.9 Å². The van der Waals surface area contributed by atoms with Gasteiger partial charge in [-0.15, -0.1) is 0 Å². The summed E-state index contributed by atoms with van der Waals surface area (Å²) in [5.41, 5.74) is 2.66. The van der Waals surface area contributed by atoms with Crippen LogP contribution in [0.1, 0.15) is 74.0 Å². The molecule has 0 aromatic carbocycles. The summed E-state index contributed by atoms with van der Waals surface area (Å²) in [6, 6.07) is 0.369. The lowest BCUT2D eigenvalue weighted by Gasteiger charge is -2.20. The summed E-state index contributed by atoms with van der Waals surface area (Å²) >= 11 is 0. The smallest absolute Gasteiger partial charge is 0.226 e. The molecule has 1 aliphatic carbocycles. The average Bonchev–Trinajstić information content (AvgIpc) is 3.27. The van der Waals surface area contributed by atoms with Gasteiger partial charge in [-0.2, -0.15) is 4.98 Å². The van der Waals surface area contributed by atoms with Crippen LogP contribution < -0.4 is 0 Å². The minimum absolute atomic E-state index is 0.369. The van der Waals surface area contributed by atoms with Crippen LogP contribution in [0.4, 0.5) is 0 Å². The van der Waals surface area contributed by atoms with Crippen LogP contribution in [-0.4, -0.2) is 31.6 Å². The van der Waals surface area contributed by atoms with Crippen LogP contribution >= 0.6 is 0 Å². The van der Waals surface area contributed by atoms with E-state index in [1.54, 1.807) is 0 Å². The predicted octanol–water partition coefficient (Wildman–Crippen LogP) is 2.96. The number of hydrogen-bond acceptors (Lipinski definition) is 5. The number of H-pyrrole nitrogens is 1. The molecule has 0 amide bonds. The van der Waals surface area contributed by atoms with Crippen molar-refractivity contribution in [3.63, 3.8) is 0 Å². The lowest BCUT2D eigenvalue weighted by atomic mass is 10.0. The Morgan fingerprint density at radius 1 is 1.22 bits per heavy atom. The van der Waals surface area contributed by atoms with E-state index in [2.05, 4.69) is 26.9 Å². The lowest BCUT2D eigenvalue weighted by molar-refractivity contribution is 0.230. The third-order valence-electron chi connectivity index (χ3n) is 4.97. The van der Waals surface area contributed by atoms with E-state index in [-0.39, 0.29) is 0 Å². The number of aryl methyl sites for hydroxylation is 3. The molecule has 6 heteroatoms. The van der Waals surface area contributed by atoms with Gasteiger partial charge in [0.25, 0.3) is 0 Å². The topological polar surface area (TPSA) is 70.8 Å². The molecule has 4 rings (SSSR count). The van der Waals surface area contributed by atoms with Crippen molar-refractivity contribution in [2.45, 2.75) is 70.9 Å². The van der Waals surface area contributed by atoms with E-state index in [0.717, 1.165) is 62.7 Å². The molecule has 6 nitrogen and oxygen atoms in total. The summed E-state index contributed by atoms with van der Waals surface area (Å²) < 4.78 is 5.31. The fourth-order valence-electron chi connectivity index (χ4n) is 3.81. The molecule has 0 bridgehead atoms. The Kier molecular flexibility index (Phi) is 4.16. The maximum absolute atomic E-state index is 5.31. The van der Waals surface area contributed by atoms with Gasteiger partial charge in [0.2, 0.25) is 5.89 Å². The highest BCUT2D eigenvalue weighted by Crippen LogP contribution is 2.33. The largest absolute Gasteiger partial charge is 0.344 e. The molecular formula is C17H25N5O. The molecule has 1 atom stereocenters. The van der Waals surface area contributed by atoms with Gasteiger partial charge in [-0.3, -0.25) is 4.90 Å². The molecular weight excluding hydrogens is 290 g/mol. The molecule has 1 unspecified atom stereocenters. The SMILES string of the molecule is CCCc1nc(CN2CCCC2c2nc3c([nH]2)CCCC3)no1. The van der Waals surface area contributed by atoms with Crippen LogP contribution in [0.15, 0.2) is 4.52 Å². The number of hydrogen-bond donors (Lipinski definition) is 1. The fraction of sp³-hybridized carbons (Fsp3) is 0.706. The number of likely N-dealkylation sites (tertiary alicyclic amines) is 1. The molecule has 2 aromatic rings. The van der Waals surface area contributed by atoms with Crippen molar-refractivity contribution < 1.29 is 4.52 Å². The molecule has 0 spiro atoms. The van der Waals surface area contributed by atoms with Gasteiger partial charge in [0.1, 0.15) is 5.82 Å². The maximum Gasteiger partial charge on any atom is 0.226 e. The van der Waals surface area contributed by atoms with Gasteiger partial charge in [0, 0.05) is 12.1 Å². The third-order valence-corrected chi connectivity index (χ3v) is 4.97. The maximum atomic E-state index is 5.31. The molecule has 3 heterocycles. The highest BCUT2D eigenvalue weighted by Gasteiger charge is 2.30. The third kappa shape index (κ3) is 3.04. The molecule has 0 radical (unpaired) electrons. The van der Waals surface area contributed by atoms with Gasteiger partial charge in [0.15, 0.2) is 5.82 Å². The van der Waals surface area contributed by atoms with E-state index in [1.807, 2.05) is 0 Å². The molecule has 2 aromatic heterocycles. The minimum atomic E-state index is 0.369. The number of imidazole rings is 1. The second kappa shape index (κ2) is 6.43. The fourth-order valence-corrected chi connectivity index (χ4v) is 3.81. The molecule has 1 saturated heterocycles. The van der Waals surface area contributed by atoms with Crippen LogP contribution in [0, 0.1) is 0 Å². The number of nitrogens with one attached hydrogen (secondary N) is 1. The Morgan fingerprint density at radius 3 is 3.00 bits per heavy atom. The predicted molar refractivity (Wildman–Crippen MR) is 85.9 cm³/mol. The van der Waals surface area contributed by atoms with Gasteiger partial charge in [-0.1, -0.05) is 12.1 Å². The quantitative estimate of drug-likeness (QED) is 0.918. The highest BCUT2D eigenvalue weighted by atomic mass is 16.5. The van der Waals surface area contributed by atoms with E-state index in [9.17, 15) is 0 Å². The van der Waals surface area contributed by atoms with Crippen LogP contribution in [-0.2, 0) is 25.8 Å². The Morgan fingerprint density at radius 2 is 2.13 bits per heavy atom. The number of aromatic amines is 1. The summed E-state index contributed by atoms with van der Waals surface area (Å²) in [6.07, 6.45) is 9.10. The standard InChI is InChI=1S/C17H25N5O/c1-2-6-16-20-15(21-23-16)11-22-10-5-9-14(22)17-18-12-7-3-4-8-13(12)19-17/h14H,2-11H2,1H3,(H,18,19). The zero-order valence-electron chi connectivity index (χ0n) is 13.8. The summed E-state index contributed by atoms with van der Waals surface area (Å²) in [6.45, 7) is 3.95. The lowest BCUT2D eigenvalue weighted by Crippen LogP contribution is -2.24. The molecule has 23 heavy (non-hydrogen) atoms. The normalized spacial score (nSPS) is 21.7. The van der Waals surface area contributed by atoms with Crippen molar-refractivity contribution >= 4 is 0 Å². The Hall–Kier alpha value is -1.69. The van der Waals surface area contributed by atoms with Crippen LogP contribution in [0.25, 0.3) is 0 Å². The Labute approximate surface area is 136 Å². The molecule has 124 valence electrons. The highest BCUT2D eigenvalue weighted by molar-refractivity contribution is 5.19. The first-order chi connectivity index (χ1) is 11.3. The zero-order valence-corrected chi connectivity index (χ0v) is 13.8. The number of fused-ring (bicyclic) bond motifs is 1. The molecule has 1 fully saturated rings. The monoisotopic (exact) mass is 315 g/mol. The Balaban J connectivity index is 1.48. The van der Waals surface area contributed by atoms with Crippen molar-refractivity contribution in [1.29, 1.82) is 0 Å². The van der Waals surface area contributed by atoms with Crippen LogP contribution in [0.3, 0.4) is 0 Å². The second-order valence-electron chi connectivity index (χ2n) is 6.74. The van der Waals surface area contributed by atoms with E-state index in [1.165, 1.54) is 30.7 Å². The van der Waals surface area contributed by atoms with Gasteiger partial charge in [0.05, 0.1) is 18.3 Å². The van der Waals surface area contributed by atoms with Crippen LogP contribution in [0.5, 0.6) is 0 Å². The van der Waals surface area contributed by atoms with E-state index >= 15 is 0 Å². The summed E-state index contributed by atoms with van der Waals surface area (Å²) in [5.74, 6) is 2.70. The Bertz CT molecular complexity index is 638. The van der Waals surface area contributed by atoms with Crippen LogP contribution in [0.2, 0.25) is 0 Å². The molecule has 0 saturated carbocycles.